The number of thiophene rings is 1. The zero-order valence-electron chi connectivity index (χ0n) is 11.6. The van der Waals surface area contributed by atoms with Gasteiger partial charge in [0, 0.05) is 17.3 Å². The first-order valence-electron chi connectivity index (χ1n) is 7.38. The molecular weight excluding hydrogens is 290 g/mol. The van der Waals surface area contributed by atoms with Gasteiger partial charge in [-0.2, -0.15) is 0 Å². The first-order chi connectivity index (χ1) is 9.69. The fourth-order valence-corrected chi connectivity index (χ4v) is 5.02. The van der Waals surface area contributed by atoms with Crippen LogP contribution in [0.25, 0.3) is 0 Å². The van der Waals surface area contributed by atoms with Gasteiger partial charge >= 0.3 is 0 Å². The summed E-state index contributed by atoms with van der Waals surface area (Å²) >= 11 is 7.84. The zero-order chi connectivity index (χ0) is 14.1. The van der Waals surface area contributed by atoms with Crippen LogP contribution in [0.15, 0.2) is 18.7 Å². The highest BCUT2D eigenvalue weighted by atomic mass is 35.5. The predicted molar refractivity (Wildman–Crippen MR) is 84.3 cm³/mol. The van der Waals surface area contributed by atoms with Crippen LogP contribution < -0.4 is 0 Å². The van der Waals surface area contributed by atoms with E-state index in [9.17, 15) is 4.79 Å². The molecule has 0 aromatic carbocycles. The Morgan fingerprint density at radius 2 is 2.15 bits per heavy atom. The molecular formula is C16H20ClNOS. The number of hydrogen-bond donors (Lipinski definition) is 0. The number of fused-ring (bicyclic) bond motifs is 1. The lowest BCUT2D eigenvalue weighted by atomic mass is 9.75. The molecule has 2 aliphatic rings. The molecule has 108 valence electrons. The van der Waals surface area contributed by atoms with Gasteiger partial charge in [-0.1, -0.05) is 37.4 Å². The highest BCUT2D eigenvalue weighted by molar-refractivity contribution is 7.16. The maximum Gasteiger partial charge on any atom is 0.246 e. The lowest BCUT2D eigenvalue weighted by molar-refractivity contribution is -0.127. The second kappa shape index (κ2) is 5.90. The van der Waals surface area contributed by atoms with E-state index in [0.717, 1.165) is 10.9 Å². The van der Waals surface area contributed by atoms with Crippen molar-refractivity contribution in [2.75, 3.05) is 6.54 Å². The van der Waals surface area contributed by atoms with E-state index in [1.165, 1.54) is 48.6 Å². The number of rotatable bonds is 2. The van der Waals surface area contributed by atoms with Crippen LogP contribution in [-0.2, 0) is 11.3 Å². The Labute approximate surface area is 129 Å². The van der Waals surface area contributed by atoms with Gasteiger partial charge in [0.15, 0.2) is 0 Å². The first kappa shape index (κ1) is 14.2. The van der Waals surface area contributed by atoms with Gasteiger partial charge in [0.25, 0.3) is 0 Å². The van der Waals surface area contributed by atoms with Crippen LogP contribution in [0.4, 0.5) is 0 Å². The smallest absolute Gasteiger partial charge is 0.246 e. The fraction of sp³-hybridized carbons (Fsp3) is 0.562. The third-order valence-electron chi connectivity index (χ3n) is 4.67. The maximum absolute atomic E-state index is 12.0. The first-order valence-corrected chi connectivity index (χ1v) is 8.58. The lowest BCUT2D eigenvalue weighted by Crippen LogP contribution is -2.39. The second-order valence-corrected chi connectivity index (χ2v) is 7.62. The van der Waals surface area contributed by atoms with Crippen molar-refractivity contribution in [3.05, 3.63) is 33.5 Å². The standard InChI is InChI=1S/C16H20ClNOS/c1-2-16(19)18-9-13(11-6-4-3-5-7-11)12-8-15(17)20-14(12)10-18/h2,8,11,13H,1,3-7,9-10H2/t13-/m0/s1. The molecule has 0 unspecified atom stereocenters. The molecule has 1 saturated carbocycles. The van der Waals surface area contributed by atoms with Crippen molar-refractivity contribution in [3.8, 4) is 0 Å². The Balaban J connectivity index is 1.90. The molecule has 1 aliphatic heterocycles. The Hall–Kier alpha value is -0.800. The van der Waals surface area contributed by atoms with E-state index in [1.54, 1.807) is 11.3 Å². The molecule has 20 heavy (non-hydrogen) atoms. The average molecular weight is 310 g/mol. The molecule has 3 rings (SSSR count). The van der Waals surface area contributed by atoms with Crippen LogP contribution in [0.1, 0.15) is 48.5 Å². The summed E-state index contributed by atoms with van der Waals surface area (Å²) in [5.74, 6) is 1.21. The summed E-state index contributed by atoms with van der Waals surface area (Å²) in [5.41, 5.74) is 1.40. The van der Waals surface area contributed by atoms with Crippen molar-refractivity contribution in [1.29, 1.82) is 0 Å². The van der Waals surface area contributed by atoms with Crippen LogP contribution >= 0.6 is 22.9 Å². The Kier molecular flexibility index (Phi) is 4.18. The highest BCUT2D eigenvalue weighted by Crippen LogP contribution is 2.44. The number of hydrogen-bond acceptors (Lipinski definition) is 2. The molecule has 0 radical (unpaired) electrons. The van der Waals surface area contributed by atoms with Crippen molar-refractivity contribution in [3.63, 3.8) is 0 Å². The SMILES string of the molecule is C=CC(=O)N1Cc2sc(Cl)cc2[C@H](C2CCCCC2)C1. The second-order valence-electron chi connectivity index (χ2n) is 5.86. The summed E-state index contributed by atoms with van der Waals surface area (Å²) < 4.78 is 0.851. The molecule has 2 nitrogen and oxygen atoms in total. The van der Waals surface area contributed by atoms with Crippen LogP contribution in [0.2, 0.25) is 4.34 Å². The number of carbonyl (C=O) groups is 1. The molecule has 0 N–H and O–H groups in total. The molecule has 1 amide bonds. The van der Waals surface area contributed by atoms with Gasteiger partial charge in [-0.15, -0.1) is 11.3 Å². The van der Waals surface area contributed by atoms with Crippen LogP contribution in [0.3, 0.4) is 0 Å². The molecule has 4 heteroatoms. The van der Waals surface area contributed by atoms with E-state index in [1.807, 2.05) is 4.90 Å². The fourth-order valence-electron chi connectivity index (χ4n) is 3.66. The van der Waals surface area contributed by atoms with Crippen LogP contribution in [0.5, 0.6) is 0 Å². The largest absolute Gasteiger partial charge is 0.333 e. The summed E-state index contributed by atoms with van der Waals surface area (Å²) in [6, 6.07) is 2.14. The average Bonchev–Trinajstić information content (AvgIpc) is 2.86. The number of nitrogens with zero attached hydrogens (tertiary/aromatic N) is 1. The van der Waals surface area contributed by atoms with E-state index >= 15 is 0 Å². The van der Waals surface area contributed by atoms with Gasteiger partial charge in [-0.25, -0.2) is 0 Å². The monoisotopic (exact) mass is 309 g/mol. The normalized spacial score (nSPS) is 23.4. The minimum absolute atomic E-state index is 0.0426. The molecule has 2 heterocycles. The number of halogens is 1. The molecule has 1 aliphatic carbocycles. The third-order valence-corrected chi connectivity index (χ3v) is 5.93. The topological polar surface area (TPSA) is 20.3 Å². The summed E-state index contributed by atoms with van der Waals surface area (Å²) in [6.07, 6.45) is 8.00. The van der Waals surface area contributed by atoms with Crippen molar-refractivity contribution >= 4 is 28.8 Å². The van der Waals surface area contributed by atoms with Gasteiger partial charge in [0.2, 0.25) is 5.91 Å². The van der Waals surface area contributed by atoms with Crippen molar-refractivity contribution in [2.24, 2.45) is 5.92 Å². The van der Waals surface area contributed by atoms with Crippen molar-refractivity contribution in [2.45, 2.75) is 44.6 Å². The summed E-state index contributed by atoms with van der Waals surface area (Å²) in [6.45, 7) is 5.14. The van der Waals surface area contributed by atoms with Crippen LogP contribution in [0, 0.1) is 5.92 Å². The molecule has 1 aromatic rings. The predicted octanol–water partition coefficient (Wildman–Crippen LogP) is 4.59. The van der Waals surface area contributed by atoms with E-state index in [4.69, 9.17) is 11.6 Å². The molecule has 0 spiro atoms. The Morgan fingerprint density at radius 1 is 1.40 bits per heavy atom. The zero-order valence-corrected chi connectivity index (χ0v) is 13.2. The minimum Gasteiger partial charge on any atom is -0.333 e. The minimum atomic E-state index is 0.0426. The van der Waals surface area contributed by atoms with E-state index < -0.39 is 0 Å². The summed E-state index contributed by atoms with van der Waals surface area (Å²) in [7, 11) is 0. The number of carbonyl (C=O) groups excluding carboxylic acids is 1. The van der Waals surface area contributed by atoms with Gasteiger partial charge < -0.3 is 4.90 Å². The molecule has 1 atom stereocenters. The Morgan fingerprint density at radius 3 is 2.85 bits per heavy atom. The number of amides is 1. The third kappa shape index (κ3) is 2.66. The summed E-state index contributed by atoms with van der Waals surface area (Å²) in [4.78, 5) is 15.2. The van der Waals surface area contributed by atoms with E-state index in [2.05, 4.69) is 12.6 Å². The van der Waals surface area contributed by atoms with Crippen molar-refractivity contribution < 1.29 is 4.79 Å². The quantitative estimate of drug-likeness (QED) is 0.731. The molecule has 1 aromatic heterocycles. The van der Waals surface area contributed by atoms with Gasteiger partial charge in [-0.3, -0.25) is 4.79 Å². The summed E-state index contributed by atoms with van der Waals surface area (Å²) in [5, 5.41) is 0. The highest BCUT2D eigenvalue weighted by Gasteiger charge is 2.34. The van der Waals surface area contributed by atoms with Gasteiger partial charge in [-0.05, 0) is 36.5 Å². The van der Waals surface area contributed by atoms with Gasteiger partial charge in [0.1, 0.15) is 0 Å². The maximum atomic E-state index is 12.0. The van der Waals surface area contributed by atoms with E-state index in [-0.39, 0.29) is 5.91 Å². The van der Waals surface area contributed by atoms with Crippen molar-refractivity contribution in [1.82, 2.24) is 4.90 Å². The molecule has 0 bridgehead atoms. The molecule has 1 fully saturated rings. The van der Waals surface area contributed by atoms with E-state index in [0.29, 0.717) is 18.4 Å². The van der Waals surface area contributed by atoms with Crippen LogP contribution in [-0.4, -0.2) is 17.4 Å². The lowest BCUT2D eigenvalue weighted by Gasteiger charge is -2.38. The van der Waals surface area contributed by atoms with Gasteiger partial charge in [0.05, 0.1) is 10.9 Å². The molecule has 0 saturated heterocycles. The Bertz CT molecular complexity index is 519.